The number of amides is 1. The smallest absolute Gasteiger partial charge is 0.241 e. The molecule has 3 aromatic carbocycles. The zero-order valence-corrected chi connectivity index (χ0v) is 20.2. The van der Waals surface area contributed by atoms with Crippen molar-refractivity contribution in [1.82, 2.24) is 5.32 Å². The van der Waals surface area contributed by atoms with E-state index in [4.69, 9.17) is 9.47 Å². The van der Waals surface area contributed by atoms with Gasteiger partial charge < -0.3 is 14.8 Å². The number of hydrogen-bond donors (Lipinski definition) is 2. The molecule has 0 unspecified atom stereocenters. The van der Waals surface area contributed by atoms with E-state index in [-0.39, 0.29) is 6.10 Å². The second-order valence-corrected chi connectivity index (χ2v) is 9.79. The van der Waals surface area contributed by atoms with E-state index in [0.717, 1.165) is 16.9 Å². The Balaban J connectivity index is 1.39. The molecule has 2 N–H and O–H groups in total. The van der Waals surface area contributed by atoms with E-state index in [1.54, 1.807) is 24.3 Å². The monoisotopic (exact) mass is 482 g/mol. The van der Waals surface area contributed by atoms with Gasteiger partial charge in [-0.3, -0.25) is 9.52 Å². The van der Waals surface area contributed by atoms with Gasteiger partial charge >= 0.3 is 0 Å². The van der Waals surface area contributed by atoms with Crippen LogP contribution in [0, 0.1) is 0 Å². The molecule has 3 rings (SSSR count). The van der Waals surface area contributed by atoms with Gasteiger partial charge in [-0.15, -0.1) is 0 Å². The van der Waals surface area contributed by atoms with Crippen molar-refractivity contribution in [2.24, 2.45) is 0 Å². The fourth-order valence-electron chi connectivity index (χ4n) is 3.15. The first-order chi connectivity index (χ1) is 16.3. The SMILES string of the molecule is CC(C)Oc1ccc(NS(=O)(=O)CC(=O)NCCc2ccc(OCc3ccccc3)cc2)cc1. The lowest BCUT2D eigenvalue weighted by Gasteiger charge is -2.12. The van der Waals surface area contributed by atoms with Gasteiger partial charge in [0, 0.05) is 12.2 Å². The molecule has 0 fully saturated rings. The highest BCUT2D eigenvalue weighted by Crippen LogP contribution is 2.18. The van der Waals surface area contributed by atoms with Crippen LogP contribution in [0.25, 0.3) is 0 Å². The minimum absolute atomic E-state index is 0.0251. The third-order valence-electron chi connectivity index (χ3n) is 4.73. The van der Waals surface area contributed by atoms with Gasteiger partial charge in [-0.05, 0) is 67.8 Å². The van der Waals surface area contributed by atoms with Crippen LogP contribution < -0.4 is 19.5 Å². The van der Waals surface area contributed by atoms with Gasteiger partial charge in [0.05, 0.1) is 6.10 Å². The molecule has 180 valence electrons. The summed E-state index contributed by atoms with van der Waals surface area (Å²) in [6, 6.07) is 24.1. The van der Waals surface area contributed by atoms with Crippen molar-refractivity contribution in [2.75, 3.05) is 17.0 Å². The zero-order valence-electron chi connectivity index (χ0n) is 19.4. The summed E-state index contributed by atoms with van der Waals surface area (Å²) in [7, 11) is -3.82. The van der Waals surface area contributed by atoms with Crippen LogP contribution in [0.1, 0.15) is 25.0 Å². The maximum atomic E-state index is 12.3. The van der Waals surface area contributed by atoms with E-state index in [1.165, 1.54) is 0 Å². The Morgan fingerprint density at radius 3 is 2.15 bits per heavy atom. The van der Waals surface area contributed by atoms with Crippen molar-refractivity contribution in [3.05, 3.63) is 90.0 Å². The van der Waals surface area contributed by atoms with E-state index >= 15 is 0 Å². The Bertz CT molecular complexity index is 1150. The number of anilines is 1. The fourth-order valence-corrected chi connectivity index (χ4v) is 4.17. The highest BCUT2D eigenvalue weighted by molar-refractivity contribution is 7.93. The Kier molecular flexibility index (Phi) is 8.93. The van der Waals surface area contributed by atoms with Crippen molar-refractivity contribution >= 4 is 21.6 Å². The van der Waals surface area contributed by atoms with E-state index in [9.17, 15) is 13.2 Å². The first kappa shape index (κ1) is 25.1. The molecule has 0 aliphatic heterocycles. The van der Waals surface area contributed by atoms with Crippen LogP contribution in [0.5, 0.6) is 11.5 Å². The Morgan fingerprint density at radius 1 is 0.853 bits per heavy atom. The van der Waals surface area contributed by atoms with Crippen LogP contribution >= 0.6 is 0 Å². The Hall–Kier alpha value is -3.52. The van der Waals surface area contributed by atoms with Crippen molar-refractivity contribution in [2.45, 2.75) is 33.0 Å². The largest absolute Gasteiger partial charge is 0.491 e. The van der Waals surface area contributed by atoms with Crippen molar-refractivity contribution in [1.29, 1.82) is 0 Å². The third-order valence-corrected chi connectivity index (χ3v) is 5.92. The molecule has 1 amide bonds. The highest BCUT2D eigenvalue weighted by atomic mass is 32.2. The van der Waals surface area contributed by atoms with E-state index in [1.807, 2.05) is 68.4 Å². The summed E-state index contributed by atoms with van der Waals surface area (Å²) in [6.07, 6.45) is 0.604. The van der Waals surface area contributed by atoms with Crippen LogP contribution in [-0.2, 0) is 27.8 Å². The van der Waals surface area contributed by atoms with Crippen LogP contribution in [0.3, 0.4) is 0 Å². The zero-order chi connectivity index (χ0) is 24.4. The average molecular weight is 483 g/mol. The van der Waals surface area contributed by atoms with Gasteiger partial charge in [0.1, 0.15) is 23.9 Å². The summed E-state index contributed by atoms with van der Waals surface area (Å²) in [5, 5.41) is 2.66. The maximum Gasteiger partial charge on any atom is 0.241 e. The molecule has 0 aromatic heterocycles. The normalized spacial score (nSPS) is 11.1. The molecule has 0 heterocycles. The molecule has 0 bridgehead atoms. The molecule has 0 aliphatic rings. The van der Waals surface area contributed by atoms with E-state index in [0.29, 0.717) is 31.0 Å². The molecule has 0 spiro atoms. The maximum absolute atomic E-state index is 12.3. The number of carbonyl (C=O) groups excluding carboxylic acids is 1. The number of carbonyl (C=O) groups is 1. The number of hydrogen-bond acceptors (Lipinski definition) is 5. The molecule has 3 aromatic rings. The first-order valence-corrected chi connectivity index (χ1v) is 12.7. The number of benzene rings is 3. The molecule has 0 aliphatic carbocycles. The second-order valence-electron chi connectivity index (χ2n) is 8.07. The first-order valence-electron chi connectivity index (χ1n) is 11.1. The lowest BCUT2D eigenvalue weighted by atomic mass is 10.1. The lowest BCUT2D eigenvalue weighted by molar-refractivity contribution is -0.118. The summed E-state index contributed by atoms with van der Waals surface area (Å²) in [5.41, 5.74) is 2.48. The molecule has 0 saturated carbocycles. The molecular weight excluding hydrogens is 452 g/mol. The molecule has 34 heavy (non-hydrogen) atoms. The predicted molar refractivity (Wildman–Crippen MR) is 134 cm³/mol. The molecule has 8 heteroatoms. The predicted octanol–water partition coefficient (Wildman–Crippen LogP) is 4.15. The van der Waals surface area contributed by atoms with Gasteiger partial charge in [-0.1, -0.05) is 42.5 Å². The van der Waals surface area contributed by atoms with Gasteiger partial charge in [-0.25, -0.2) is 8.42 Å². The van der Waals surface area contributed by atoms with Crippen molar-refractivity contribution in [3.8, 4) is 11.5 Å². The minimum Gasteiger partial charge on any atom is -0.491 e. The van der Waals surface area contributed by atoms with E-state index < -0.39 is 21.7 Å². The number of sulfonamides is 1. The van der Waals surface area contributed by atoms with Gasteiger partial charge in [0.15, 0.2) is 0 Å². The highest BCUT2D eigenvalue weighted by Gasteiger charge is 2.16. The van der Waals surface area contributed by atoms with Gasteiger partial charge in [-0.2, -0.15) is 0 Å². The summed E-state index contributed by atoms with van der Waals surface area (Å²) < 4.78 is 38.3. The van der Waals surface area contributed by atoms with E-state index in [2.05, 4.69) is 10.0 Å². The number of rotatable bonds is 12. The quantitative estimate of drug-likeness (QED) is 0.404. The van der Waals surface area contributed by atoms with Crippen LogP contribution in [0.15, 0.2) is 78.9 Å². The summed E-state index contributed by atoms with van der Waals surface area (Å²) >= 11 is 0. The standard InChI is InChI=1S/C26H30N2O5S/c1-20(2)33-25-14-10-23(11-15-25)28-34(30,31)19-26(29)27-17-16-21-8-12-24(13-9-21)32-18-22-6-4-3-5-7-22/h3-15,20,28H,16-19H2,1-2H3,(H,27,29). The van der Waals surface area contributed by atoms with Crippen LogP contribution in [-0.4, -0.2) is 32.7 Å². The summed E-state index contributed by atoms with van der Waals surface area (Å²) in [6.45, 7) is 4.65. The molecular formula is C26H30N2O5S. The second kappa shape index (κ2) is 12.1. The number of ether oxygens (including phenoxy) is 2. The summed E-state index contributed by atoms with van der Waals surface area (Å²) in [4.78, 5) is 12.1. The summed E-state index contributed by atoms with van der Waals surface area (Å²) in [5.74, 6) is 0.197. The van der Waals surface area contributed by atoms with Crippen molar-refractivity contribution in [3.63, 3.8) is 0 Å². The van der Waals surface area contributed by atoms with Crippen LogP contribution in [0.2, 0.25) is 0 Å². The topological polar surface area (TPSA) is 93.7 Å². The average Bonchev–Trinajstić information content (AvgIpc) is 2.79. The minimum atomic E-state index is -3.82. The lowest BCUT2D eigenvalue weighted by Crippen LogP contribution is -2.34. The van der Waals surface area contributed by atoms with Gasteiger partial charge in [0.25, 0.3) is 0 Å². The Labute approximate surface area is 201 Å². The third kappa shape index (κ3) is 8.78. The molecule has 0 atom stereocenters. The molecule has 0 saturated heterocycles. The molecule has 7 nitrogen and oxygen atoms in total. The Morgan fingerprint density at radius 2 is 1.50 bits per heavy atom. The van der Waals surface area contributed by atoms with Gasteiger partial charge in [0.2, 0.25) is 15.9 Å². The number of nitrogens with one attached hydrogen (secondary N) is 2. The molecule has 0 radical (unpaired) electrons. The fraction of sp³-hybridized carbons (Fsp3) is 0.269. The van der Waals surface area contributed by atoms with Crippen LogP contribution in [0.4, 0.5) is 5.69 Å². The van der Waals surface area contributed by atoms with Crippen molar-refractivity contribution < 1.29 is 22.7 Å².